The highest BCUT2D eigenvalue weighted by molar-refractivity contribution is 5.71. The SMILES string of the molecule is CCCCCCCCCCCCCCCCCCCCCC(=O)OC[C@H](COC(=O)CCCCCCCCCCCCCCCCCC(C)C)OC(=O)CCCCCCCCCCCCC(C)CC. The van der Waals surface area contributed by atoms with Crippen molar-refractivity contribution in [1.82, 2.24) is 0 Å². The van der Waals surface area contributed by atoms with E-state index in [0.717, 1.165) is 69.6 Å². The molecule has 0 bridgehead atoms. The molecular weight excluding hydrogens is 853 g/mol. The molecule has 6 nitrogen and oxygen atoms in total. The largest absolute Gasteiger partial charge is 0.462 e. The van der Waals surface area contributed by atoms with Crippen molar-refractivity contribution in [2.45, 2.75) is 362 Å². The molecule has 69 heavy (non-hydrogen) atoms. The molecule has 0 aliphatic carbocycles. The predicted octanol–water partition coefficient (Wildman–Crippen LogP) is 20.8. The number of ether oxygens (including phenoxy) is 3. The van der Waals surface area contributed by atoms with Crippen molar-refractivity contribution in [3.8, 4) is 0 Å². The van der Waals surface area contributed by atoms with Crippen molar-refractivity contribution in [1.29, 1.82) is 0 Å². The van der Waals surface area contributed by atoms with Gasteiger partial charge in [0.25, 0.3) is 0 Å². The van der Waals surface area contributed by atoms with Crippen molar-refractivity contribution in [3.05, 3.63) is 0 Å². The van der Waals surface area contributed by atoms with Gasteiger partial charge in [0.1, 0.15) is 13.2 Å². The molecule has 0 heterocycles. The molecule has 0 N–H and O–H groups in total. The minimum Gasteiger partial charge on any atom is -0.462 e. The fraction of sp³-hybridized carbons (Fsp3) is 0.952. The van der Waals surface area contributed by atoms with Gasteiger partial charge in [-0.3, -0.25) is 14.4 Å². The molecule has 0 saturated carbocycles. The standard InChI is InChI=1S/C63H122O6/c1-6-8-9-10-11-12-13-14-15-16-17-18-21-24-27-33-38-43-48-53-61(64)67-56-60(69-63(66)55-50-45-40-35-30-29-32-37-42-47-52-59(5)7-2)57-68-62(65)54-49-44-39-34-28-25-22-19-20-23-26-31-36-41-46-51-58(3)4/h58-60H,6-57H2,1-5H3/t59?,60-/m1/s1. The number of unbranched alkanes of at least 4 members (excludes halogenated alkanes) is 41. The minimum absolute atomic E-state index is 0.0623. The highest BCUT2D eigenvalue weighted by Gasteiger charge is 2.19. The Bertz CT molecular complexity index is 1060. The first-order valence-corrected chi connectivity index (χ1v) is 31.3. The van der Waals surface area contributed by atoms with Crippen LogP contribution in [-0.4, -0.2) is 37.2 Å². The lowest BCUT2D eigenvalue weighted by Crippen LogP contribution is -2.30. The van der Waals surface area contributed by atoms with Gasteiger partial charge >= 0.3 is 17.9 Å². The third kappa shape index (κ3) is 55.6. The molecule has 0 fully saturated rings. The van der Waals surface area contributed by atoms with E-state index in [2.05, 4.69) is 34.6 Å². The van der Waals surface area contributed by atoms with E-state index in [4.69, 9.17) is 14.2 Å². The Balaban J connectivity index is 4.27. The maximum absolute atomic E-state index is 12.9. The molecular formula is C63H122O6. The molecule has 0 radical (unpaired) electrons. The number of hydrogen-bond acceptors (Lipinski definition) is 6. The highest BCUT2D eigenvalue weighted by atomic mass is 16.6. The highest BCUT2D eigenvalue weighted by Crippen LogP contribution is 2.19. The van der Waals surface area contributed by atoms with Crippen LogP contribution < -0.4 is 0 Å². The van der Waals surface area contributed by atoms with Crippen molar-refractivity contribution < 1.29 is 28.6 Å². The van der Waals surface area contributed by atoms with Crippen molar-refractivity contribution in [2.75, 3.05) is 13.2 Å². The van der Waals surface area contributed by atoms with Crippen LogP contribution in [0.25, 0.3) is 0 Å². The van der Waals surface area contributed by atoms with Gasteiger partial charge in [0.05, 0.1) is 0 Å². The first-order chi connectivity index (χ1) is 33.8. The summed E-state index contributed by atoms with van der Waals surface area (Å²) in [5.41, 5.74) is 0. The molecule has 1 unspecified atom stereocenters. The van der Waals surface area contributed by atoms with E-state index in [1.165, 1.54) is 244 Å². The Hall–Kier alpha value is -1.59. The summed E-state index contributed by atoms with van der Waals surface area (Å²) in [4.78, 5) is 38.3. The quantitative estimate of drug-likeness (QED) is 0.0343. The van der Waals surface area contributed by atoms with Crippen LogP contribution in [0, 0.1) is 11.8 Å². The molecule has 0 spiro atoms. The third-order valence-corrected chi connectivity index (χ3v) is 14.8. The van der Waals surface area contributed by atoms with Crippen molar-refractivity contribution in [3.63, 3.8) is 0 Å². The molecule has 0 aliphatic heterocycles. The van der Waals surface area contributed by atoms with Crippen LogP contribution >= 0.6 is 0 Å². The smallest absolute Gasteiger partial charge is 0.306 e. The monoisotopic (exact) mass is 975 g/mol. The molecule has 2 atom stereocenters. The zero-order valence-corrected chi connectivity index (χ0v) is 47.5. The van der Waals surface area contributed by atoms with Crippen molar-refractivity contribution in [2.24, 2.45) is 11.8 Å². The maximum atomic E-state index is 12.9. The Kier molecular flexibility index (Phi) is 54.4. The van der Waals surface area contributed by atoms with E-state index in [9.17, 15) is 14.4 Å². The second-order valence-corrected chi connectivity index (χ2v) is 22.4. The van der Waals surface area contributed by atoms with Gasteiger partial charge in [-0.05, 0) is 31.1 Å². The topological polar surface area (TPSA) is 78.9 Å². The Morgan fingerprint density at radius 2 is 0.551 bits per heavy atom. The van der Waals surface area contributed by atoms with Gasteiger partial charge in [-0.15, -0.1) is 0 Å². The molecule has 0 aliphatic rings. The lowest BCUT2D eigenvalue weighted by molar-refractivity contribution is -0.167. The number of carbonyl (C=O) groups excluding carboxylic acids is 3. The van der Waals surface area contributed by atoms with Crippen LogP contribution in [0.4, 0.5) is 0 Å². The van der Waals surface area contributed by atoms with E-state index in [0.29, 0.717) is 19.3 Å². The van der Waals surface area contributed by atoms with Gasteiger partial charge in [-0.2, -0.15) is 0 Å². The molecule has 0 rings (SSSR count). The molecule has 6 heteroatoms. The van der Waals surface area contributed by atoms with Crippen LogP contribution in [0.5, 0.6) is 0 Å². The lowest BCUT2D eigenvalue weighted by atomic mass is 9.99. The third-order valence-electron chi connectivity index (χ3n) is 14.8. The van der Waals surface area contributed by atoms with Gasteiger partial charge in [-0.1, -0.05) is 317 Å². The van der Waals surface area contributed by atoms with Crippen LogP contribution in [0.2, 0.25) is 0 Å². The van der Waals surface area contributed by atoms with Gasteiger partial charge < -0.3 is 14.2 Å². The predicted molar refractivity (Wildman–Crippen MR) is 298 cm³/mol. The summed E-state index contributed by atoms with van der Waals surface area (Å²) in [7, 11) is 0. The Labute approximate surface area is 431 Å². The molecule has 0 aromatic carbocycles. The van der Waals surface area contributed by atoms with Gasteiger partial charge in [0.15, 0.2) is 6.10 Å². The zero-order valence-electron chi connectivity index (χ0n) is 47.5. The second-order valence-electron chi connectivity index (χ2n) is 22.4. The second kappa shape index (κ2) is 55.7. The number of rotatable bonds is 57. The van der Waals surface area contributed by atoms with Gasteiger partial charge in [0, 0.05) is 19.3 Å². The Morgan fingerprint density at radius 3 is 0.826 bits per heavy atom. The van der Waals surface area contributed by atoms with Crippen LogP contribution in [0.3, 0.4) is 0 Å². The number of esters is 3. The van der Waals surface area contributed by atoms with Crippen LogP contribution in [0.1, 0.15) is 356 Å². The van der Waals surface area contributed by atoms with Gasteiger partial charge in [0.2, 0.25) is 0 Å². The molecule has 0 saturated heterocycles. The average molecular weight is 976 g/mol. The lowest BCUT2D eigenvalue weighted by Gasteiger charge is -2.18. The average Bonchev–Trinajstić information content (AvgIpc) is 3.34. The summed E-state index contributed by atoms with van der Waals surface area (Å²) in [5, 5.41) is 0. The first kappa shape index (κ1) is 67.4. The Morgan fingerprint density at radius 1 is 0.304 bits per heavy atom. The first-order valence-electron chi connectivity index (χ1n) is 31.3. The van der Waals surface area contributed by atoms with E-state index < -0.39 is 6.10 Å². The van der Waals surface area contributed by atoms with Crippen LogP contribution in [-0.2, 0) is 28.6 Å². The summed E-state index contributed by atoms with van der Waals surface area (Å²) in [6.45, 7) is 11.5. The fourth-order valence-electron chi connectivity index (χ4n) is 9.73. The molecule has 0 amide bonds. The minimum atomic E-state index is -0.764. The fourth-order valence-corrected chi connectivity index (χ4v) is 9.73. The molecule has 0 aromatic heterocycles. The molecule has 0 aromatic rings. The summed E-state index contributed by atoms with van der Waals surface area (Å²) < 4.78 is 16.9. The summed E-state index contributed by atoms with van der Waals surface area (Å²) in [5.74, 6) is 0.882. The van der Waals surface area contributed by atoms with Crippen molar-refractivity contribution >= 4 is 17.9 Å². The maximum Gasteiger partial charge on any atom is 0.306 e. The van der Waals surface area contributed by atoms with E-state index in [-0.39, 0.29) is 31.1 Å². The van der Waals surface area contributed by atoms with E-state index >= 15 is 0 Å². The van der Waals surface area contributed by atoms with E-state index in [1.54, 1.807) is 0 Å². The van der Waals surface area contributed by atoms with E-state index in [1.807, 2.05) is 0 Å². The number of hydrogen-bond donors (Lipinski definition) is 0. The van der Waals surface area contributed by atoms with Gasteiger partial charge in [-0.25, -0.2) is 0 Å². The summed E-state index contributed by atoms with van der Waals surface area (Å²) >= 11 is 0. The zero-order chi connectivity index (χ0) is 50.4. The summed E-state index contributed by atoms with van der Waals surface area (Å²) in [6.07, 6.45) is 61.0. The number of carbonyl (C=O) groups is 3. The van der Waals surface area contributed by atoms with Crippen LogP contribution in [0.15, 0.2) is 0 Å². The summed E-state index contributed by atoms with van der Waals surface area (Å²) in [6, 6.07) is 0. The molecule has 410 valence electrons. The normalized spacial score (nSPS) is 12.4.